The Balaban J connectivity index is 2.88. The molecule has 1 N–H and O–H groups in total. The quantitative estimate of drug-likeness (QED) is 0.750. The van der Waals surface area contributed by atoms with Crippen LogP contribution in [0.25, 0.3) is 0 Å². The third-order valence-corrected chi connectivity index (χ3v) is 8.29. The van der Waals surface area contributed by atoms with Gasteiger partial charge in [-0.25, -0.2) is 0 Å². The van der Waals surface area contributed by atoms with Gasteiger partial charge in [-0.05, 0) is 32.6 Å². The van der Waals surface area contributed by atoms with Crippen molar-refractivity contribution in [2.75, 3.05) is 13.2 Å². The lowest BCUT2D eigenvalue weighted by atomic mass is 9.87. The minimum Gasteiger partial charge on any atom is -0.383 e. The first-order chi connectivity index (χ1) is 8.86. The van der Waals surface area contributed by atoms with E-state index in [1.54, 1.807) is 0 Å². The fraction of sp³-hybridized carbons (Fsp3) is 1.00. The summed E-state index contributed by atoms with van der Waals surface area (Å²) in [4.78, 5) is 3.86. The molecular formula is C15H33NO2Si. The summed E-state index contributed by atoms with van der Waals surface area (Å²) in [5.74, 6) is 0.726. The summed E-state index contributed by atoms with van der Waals surface area (Å²) in [7, 11) is -2.38. The standard InChI is InChI=1S/C15H33NO2Si/c1-7-17-19(18-8-2,15(4,5)6)16-14-12-10-9-11-13(14)3/h13-14,16H,7-12H2,1-6H3. The molecule has 1 aliphatic carbocycles. The van der Waals surface area contributed by atoms with Gasteiger partial charge in [0.1, 0.15) is 0 Å². The monoisotopic (exact) mass is 287 g/mol. The molecule has 19 heavy (non-hydrogen) atoms. The van der Waals surface area contributed by atoms with E-state index in [9.17, 15) is 0 Å². The zero-order valence-corrected chi connectivity index (χ0v) is 14.7. The van der Waals surface area contributed by atoms with Gasteiger partial charge in [0, 0.05) is 24.3 Å². The molecule has 1 aliphatic rings. The second kappa shape index (κ2) is 7.20. The zero-order chi connectivity index (χ0) is 14.5. The van der Waals surface area contributed by atoms with E-state index in [0.717, 1.165) is 19.1 Å². The van der Waals surface area contributed by atoms with Crippen molar-refractivity contribution in [3.8, 4) is 0 Å². The van der Waals surface area contributed by atoms with Crippen LogP contribution in [0.15, 0.2) is 0 Å². The lowest BCUT2D eigenvalue weighted by Gasteiger charge is -2.44. The van der Waals surface area contributed by atoms with Crippen molar-refractivity contribution >= 4 is 8.72 Å². The number of hydrogen-bond acceptors (Lipinski definition) is 3. The van der Waals surface area contributed by atoms with Crippen molar-refractivity contribution < 1.29 is 8.85 Å². The summed E-state index contributed by atoms with van der Waals surface area (Å²) >= 11 is 0. The average molecular weight is 288 g/mol. The predicted molar refractivity (Wildman–Crippen MR) is 83.3 cm³/mol. The molecule has 114 valence electrons. The van der Waals surface area contributed by atoms with E-state index in [1.165, 1.54) is 25.7 Å². The Kier molecular flexibility index (Phi) is 6.50. The molecule has 0 radical (unpaired) electrons. The molecule has 0 heterocycles. The molecule has 0 aromatic heterocycles. The van der Waals surface area contributed by atoms with Crippen molar-refractivity contribution in [1.82, 2.24) is 4.98 Å². The summed E-state index contributed by atoms with van der Waals surface area (Å²) < 4.78 is 12.4. The summed E-state index contributed by atoms with van der Waals surface area (Å²) in [6.45, 7) is 14.7. The highest BCUT2D eigenvalue weighted by molar-refractivity contribution is 6.68. The molecule has 0 spiro atoms. The Morgan fingerprint density at radius 2 is 1.58 bits per heavy atom. The van der Waals surface area contributed by atoms with Gasteiger partial charge in [0.15, 0.2) is 0 Å². The van der Waals surface area contributed by atoms with Crippen LogP contribution in [0.5, 0.6) is 0 Å². The van der Waals surface area contributed by atoms with E-state index in [2.05, 4.69) is 46.5 Å². The third kappa shape index (κ3) is 4.28. The van der Waals surface area contributed by atoms with Gasteiger partial charge in [-0.3, -0.25) is 4.98 Å². The molecule has 2 unspecified atom stereocenters. The second-order valence-corrected chi connectivity index (χ2v) is 10.3. The average Bonchev–Trinajstić information content (AvgIpc) is 2.31. The van der Waals surface area contributed by atoms with Gasteiger partial charge in [-0.1, -0.05) is 40.5 Å². The van der Waals surface area contributed by atoms with Crippen LogP contribution < -0.4 is 4.98 Å². The maximum absolute atomic E-state index is 6.19. The van der Waals surface area contributed by atoms with E-state index in [0.29, 0.717) is 6.04 Å². The lowest BCUT2D eigenvalue weighted by molar-refractivity contribution is 0.134. The van der Waals surface area contributed by atoms with Gasteiger partial charge in [0.05, 0.1) is 0 Å². The summed E-state index contributed by atoms with van der Waals surface area (Å²) in [6.07, 6.45) is 5.28. The van der Waals surface area contributed by atoms with Gasteiger partial charge < -0.3 is 8.85 Å². The molecule has 1 saturated carbocycles. The van der Waals surface area contributed by atoms with Crippen LogP contribution in [0, 0.1) is 5.92 Å². The van der Waals surface area contributed by atoms with E-state index in [-0.39, 0.29) is 5.04 Å². The topological polar surface area (TPSA) is 30.5 Å². The van der Waals surface area contributed by atoms with Crippen LogP contribution in [0.1, 0.15) is 67.2 Å². The lowest BCUT2D eigenvalue weighted by Crippen LogP contribution is -2.66. The normalized spacial score (nSPS) is 25.6. The zero-order valence-electron chi connectivity index (χ0n) is 13.7. The Morgan fingerprint density at radius 3 is 2.00 bits per heavy atom. The molecule has 4 heteroatoms. The maximum atomic E-state index is 6.19. The molecular weight excluding hydrogens is 254 g/mol. The van der Waals surface area contributed by atoms with Gasteiger partial charge in [0.2, 0.25) is 0 Å². The van der Waals surface area contributed by atoms with Crippen molar-refractivity contribution in [3.63, 3.8) is 0 Å². The van der Waals surface area contributed by atoms with Crippen LogP contribution in [-0.2, 0) is 8.85 Å². The van der Waals surface area contributed by atoms with E-state index in [4.69, 9.17) is 8.85 Å². The fourth-order valence-electron chi connectivity index (χ4n) is 2.96. The van der Waals surface area contributed by atoms with Crippen molar-refractivity contribution in [3.05, 3.63) is 0 Å². The second-order valence-electron chi connectivity index (χ2n) is 6.75. The van der Waals surface area contributed by atoms with Gasteiger partial charge in [-0.15, -0.1) is 0 Å². The van der Waals surface area contributed by atoms with E-state index >= 15 is 0 Å². The Bertz CT molecular complexity index is 259. The highest BCUT2D eigenvalue weighted by atomic mass is 28.4. The molecule has 1 rings (SSSR count). The summed E-state index contributed by atoms with van der Waals surface area (Å²) in [5.41, 5.74) is 0. The minimum atomic E-state index is -2.38. The van der Waals surface area contributed by atoms with Gasteiger partial charge in [0.25, 0.3) is 0 Å². The molecule has 0 amide bonds. The summed E-state index contributed by atoms with van der Waals surface area (Å²) in [5, 5.41) is 0.0379. The van der Waals surface area contributed by atoms with Crippen molar-refractivity contribution in [2.24, 2.45) is 5.92 Å². The molecule has 0 aromatic rings. The van der Waals surface area contributed by atoms with Crippen LogP contribution in [-0.4, -0.2) is 28.0 Å². The van der Waals surface area contributed by atoms with Gasteiger partial charge in [-0.2, -0.15) is 0 Å². The third-order valence-electron chi connectivity index (χ3n) is 4.17. The largest absolute Gasteiger partial charge is 0.430 e. The van der Waals surface area contributed by atoms with Crippen LogP contribution in [0.3, 0.4) is 0 Å². The maximum Gasteiger partial charge on any atom is 0.430 e. The summed E-state index contributed by atoms with van der Waals surface area (Å²) in [6, 6.07) is 0.553. The van der Waals surface area contributed by atoms with Crippen LogP contribution in [0.4, 0.5) is 0 Å². The molecule has 0 aliphatic heterocycles. The number of rotatable bonds is 6. The first-order valence-corrected chi connectivity index (χ1v) is 9.73. The van der Waals surface area contributed by atoms with Crippen molar-refractivity contribution in [1.29, 1.82) is 0 Å². The van der Waals surface area contributed by atoms with Crippen LogP contribution in [0.2, 0.25) is 5.04 Å². The molecule has 0 bridgehead atoms. The number of hydrogen-bond donors (Lipinski definition) is 1. The van der Waals surface area contributed by atoms with Gasteiger partial charge >= 0.3 is 8.72 Å². The first-order valence-electron chi connectivity index (χ1n) is 7.92. The van der Waals surface area contributed by atoms with E-state index in [1.807, 2.05) is 0 Å². The fourth-order valence-corrected chi connectivity index (χ4v) is 6.23. The Hall–Kier alpha value is 0.0969. The molecule has 1 fully saturated rings. The minimum absolute atomic E-state index is 0.0379. The molecule has 0 aromatic carbocycles. The smallest absolute Gasteiger partial charge is 0.383 e. The predicted octanol–water partition coefficient (Wildman–Crippen LogP) is 3.97. The van der Waals surface area contributed by atoms with Crippen LogP contribution >= 0.6 is 0 Å². The number of nitrogens with one attached hydrogen (secondary N) is 1. The molecule has 2 atom stereocenters. The SMILES string of the molecule is CCO[Si](NC1CCCCC1C)(OCC)C(C)(C)C. The Morgan fingerprint density at radius 1 is 1.05 bits per heavy atom. The molecule has 3 nitrogen and oxygen atoms in total. The highest BCUT2D eigenvalue weighted by Crippen LogP contribution is 2.38. The highest BCUT2D eigenvalue weighted by Gasteiger charge is 2.51. The Labute approximate surface area is 120 Å². The first kappa shape index (κ1) is 17.1. The molecule has 0 saturated heterocycles. The van der Waals surface area contributed by atoms with Crippen molar-refractivity contribution in [2.45, 2.75) is 78.3 Å². The van der Waals surface area contributed by atoms with E-state index < -0.39 is 8.72 Å².